The molecule has 0 bridgehead atoms. The molecule has 0 unspecified atom stereocenters. The molecule has 0 saturated carbocycles. The fourth-order valence-electron chi connectivity index (χ4n) is 2.06. The summed E-state index contributed by atoms with van der Waals surface area (Å²) in [7, 11) is 0. The van der Waals surface area contributed by atoms with Crippen LogP contribution in [0.15, 0.2) is 22.7 Å². The molecule has 7 heteroatoms. The van der Waals surface area contributed by atoms with Crippen molar-refractivity contribution in [3.63, 3.8) is 0 Å². The van der Waals surface area contributed by atoms with E-state index < -0.39 is 11.6 Å². The lowest BCUT2D eigenvalue weighted by atomic mass is 10.2. The highest BCUT2D eigenvalue weighted by Crippen LogP contribution is 2.24. The van der Waals surface area contributed by atoms with Gasteiger partial charge in [0.1, 0.15) is 17.2 Å². The summed E-state index contributed by atoms with van der Waals surface area (Å²) in [6.07, 6.45) is 0.923. The van der Waals surface area contributed by atoms with E-state index in [9.17, 15) is 8.78 Å². The lowest BCUT2D eigenvalue weighted by Gasteiger charge is -2.06. The molecular formula is C13H13F2N3O2. The van der Waals surface area contributed by atoms with E-state index in [4.69, 9.17) is 9.26 Å². The Morgan fingerprint density at radius 1 is 1.30 bits per heavy atom. The van der Waals surface area contributed by atoms with Crippen LogP contribution in [-0.2, 0) is 11.3 Å². The minimum atomic E-state index is -0.725. The number of benzene rings is 1. The fraction of sp³-hybridized carbons (Fsp3) is 0.385. The lowest BCUT2D eigenvalue weighted by Crippen LogP contribution is -2.28. The van der Waals surface area contributed by atoms with Crippen molar-refractivity contribution in [1.82, 2.24) is 15.5 Å². The van der Waals surface area contributed by atoms with E-state index in [1.807, 2.05) is 0 Å². The highest BCUT2D eigenvalue weighted by molar-refractivity contribution is 5.54. The molecule has 0 aliphatic carbocycles. The van der Waals surface area contributed by atoms with Crippen LogP contribution in [0.3, 0.4) is 0 Å². The van der Waals surface area contributed by atoms with Gasteiger partial charge in [-0.1, -0.05) is 11.2 Å². The Morgan fingerprint density at radius 2 is 2.10 bits per heavy atom. The second-order valence-corrected chi connectivity index (χ2v) is 4.55. The zero-order chi connectivity index (χ0) is 13.9. The summed E-state index contributed by atoms with van der Waals surface area (Å²) < 4.78 is 37.3. The number of ether oxygens (including phenoxy) is 1. The van der Waals surface area contributed by atoms with Crippen LogP contribution in [0.4, 0.5) is 8.78 Å². The van der Waals surface area contributed by atoms with Gasteiger partial charge in [0.2, 0.25) is 0 Å². The molecule has 2 aromatic rings. The van der Waals surface area contributed by atoms with Crippen LogP contribution in [-0.4, -0.2) is 29.4 Å². The first-order chi connectivity index (χ1) is 9.74. The molecule has 1 aliphatic rings. The zero-order valence-electron chi connectivity index (χ0n) is 10.6. The van der Waals surface area contributed by atoms with Crippen molar-refractivity contribution in [2.24, 2.45) is 0 Å². The standard InChI is InChI=1S/C13H13F2N3O2/c14-9-2-1-3-10(15)12(9)13-17-11(18-20-13)6-16-8-4-5-19-7-8/h1-3,8,16H,4-7H2/t8-/m0/s1. The molecule has 3 rings (SSSR count). The summed E-state index contributed by atoms with van der Waals surface area (Å²) in [5.74, 6) is -1.25. The molecule has 5 nitrogen and oxygen atoms in total. The number of hydrogen-bond donors (Lipinski definition) is 1. The van der Waals surface area contributed by atoms with Crippen LogP contribution >= 0.6 is 0 Å². The van der Waals surface area contributed by atoms with Gasteiger partial charge in [-0.3, -0.25) is 0 Å². The molecule has 1 N–H and O–H groups in total. The first-order valence-corrected chi connectivity index (χ1v) is 6.32. The predicted octanol–water partition coefficient (Wildman–Crippen LogP) is 1.89. The molecule has 0 amide bonds. The Morgan fingerprint density at radius 3 is 2.80 bits per heavy atom. The predicted molar refractivity (Wildman–Crippen MR) is 65.7 cm³/mol. The summed E-state index contributed by atoms with van der Waals surface area (Å²) in [6.45, 7) is 1.75. The monoisotopic (exact) mass is 281 g/mol. The third-order valence-electron chi connectivity index (χ3n) is 3.12. The summed E-state index contributed by atoms with van der Waals surface area (Å²) in [5, 5.41) is 6.91. The molecule has 0 spiro atoms. The number of nitrogens with zero attached hydrogens (tertiary/aromatic N) is 2. The van der Waals surface area contributed by atoms with Crippen molar-refractivity contribution in [3.8, 4) is 11.5 Å². The molecule has 1 saturated heterocycles. The normalized spacial score (nSPS) is 18.6. The van der Waals surface area contributed by atoms with Gasteiger partial charge in [-0.25, -0.2) is 8.78 Å². The maximum Gasteiger partial charge on any atom is 0.263 e. The summed E-state index contributed by atoms with van der Waals surface area (Å²) in [6, 6.07) is 3.84. The van der Waals surface area contributed by atoms with E-state index in [-0.39, 0.29) is 17.5 Å². The van der Waals surface area contributed by atoms with E-state index in [0.29, 0.717) is 19.0 Å². The number of hydrogen-bond acceptors (Lipinski definition) is 5. The molecule has 1 aromatic carbocycles. The number of aromatic nitrogens is 2. The van der Waals surface area contributed by atoms with Gasteiger partial charge in [0, 0.05) is 12.6 Å². The summed E-state index contributed by atoms with van der Waals surface area (Å²) in [5.41, 5.74) is -0.296. The minimum absolute atomic E-state index is 0.153. The highest BCUT2D eigenvalue weighted by Gasteiger charge is 2.19. The van der Waals surface area contributed by atoms with E-state index in [0.717, 1.165) is 25.2 Å². The van der Waals surface area contributed by atoms with Crippen molar-refractivity contribution >= 4 is 0 Å². The smallest absolute Gasteiger partial charge is 0.263 e. The topological polar surface area (TPSA) is 60.2 Å². The fourth-order valence-corrected chi connectivity index (χ4v) is 2.06. The number of halogens is 2. The quantitative estimate of drug-likeness (QED) is 0.927. The lowest BCUT2D eigenvalue weighted by molar-refractivity contribution is 0.189. The molecule has 1 aromatic heterocycles. The van der Waals surface area contributed by atoms with Crippen LogP contribution in [0.1, 0.15) is 12.2 Å². The highest BCUT2D eigenvalue weighted by atomic mass is 19.1. The molecule has 106 valence electrons. The average molecular weight is 281 g/mol. The Hall–Kier alpha value is -1.86. The van der Waals surface area contributed by atoms with Crippen molar-refractivity contribution in [2.75, 3.05) is 13.2 Å². The molecular weight excluding hydrogens is 268 g/mol. The van der Waals surface area contributed by atoms with Gasteiger partial charge in [0.15, 0.2) is 5.82 Å². The SMILES string of the molecule is Fc1cccc(F)c1-c1nc(CN[C@H]2CCOC2)no1. The minimum Gasteiger partial charge on any atom is -0.380 e. The van der Waals surface area contributed by atoms with Gasteiger partial charge in [0.25, 0.3) is 5.89 Å². The number of nitrogens with one attached hydrogen (secondary N) is 1. The van der Waals surface area contributed by atoms with E-state index >= 15 is 0 Å². The molecule has 1 atom stereocenters. The molecule has 2 heterocycles. The average Bonchev–Trinajstić information content (AvgIpc) is 3.07. The molecule has 20 heavy (non-hydrogen) atoms. The van der Waals surface area contributed by atoms with E-state index in [1.165, 1.54) is 6.07 Å². The third kappa shape index (κ3) is 2.68. The van der Waals surface area contributed by atoms with Gasteiger partial charge in [-0.15, -0.1) is 0 Å². The van der Waals surface area contributed by atoms with Crippen LogP contribution < -0.4 is 5.32 Å². The molecule has 1 aliphatic heterocycles. The maximum absolute atomic E-state index is 13.6. The van der Waals surface area contributed by atoms with Crippen LogP contribution in [0.5, 0.6) is 0 Å². The zero-order valence-corrected chi connectivity index (χ0v) is 10.6. The Kier molecular flexibility index (Phi) is 3.70. The third-order valence-corrected chi connectivity index (χ3v) is 3.12. The van der Waals surface area contributed by atoms with E-state index in [1.54, 1.807) is 0 Å². The maximum atomic E-state index is 13.6. The Balaban J connectivity index is 1.73. The molecule has 1 fully saturated rings. The van der Waals surface area contributed by atoms with Crippen molar-refractivity contribution in [1.29, 1.82) is 0 Å². The molecule has 0 radical (unpaired) electrons. The van der Waals surface area contributed by atoms with Gasteiger partial charge in [-0.05, 0) is 18.6 Å². The van der Waals surface area contributed by atoms with Gasteiger partial charge < -0.3 is 14.6 Å². The number of rotatable bonds is 4. The summed E-state index contributed by atoms with van der Waals surface area (Å²) in [4.78, 5) is 4.00. The van der Waals surface area contributed by atoms with Crippen molar-refractivity contribution in [3.05, 3.63) is 35.7 Å². The van der Waals surface area contributed by atoms with Crippen LogP contribution in [0, 0.1) is 11.6 Å². The summed E-state index contributed by atoms with van der Waals surface area (Å²) >= 11 is 0. The Labute approximate surface area is 113 Å². The van der Waals surface area contributed by atoms with Crippen molar-refractivity contribution in [2.45, 2.75) is 19.0 Å². The second kappa shape index (κ2) is 5.64. The van der Waals surface area contributed by atoms with Crippen molar-refractivity contribution < 1.29 is 18.0 Å². The van der Waals surface area contributed by atoms with Gasteiger partial charge >= 0.3 is 0 Å². The first kappa shape index (κ1) is 13.1. The van der Waals surface area contributed by atoms with Gasteiger partial charge in [-0.2, -0.15) is 4.98 Å². The van der Waals surface area contributed by atoms with Crippen LogP contribution in [0.25, 0.3) is 11.5 Å². The largest absolute Gasteiger partial charge is 0.380 e. The van der Waals surface area contributed by atoms with Crippen LogP contribution in [0.2, 0.25) is 0 Å². The van der Waals surface area contributed by atoms with Gasteiger partial charge in [0.05, 0.1) is 13.2 Å². The first-order valence-electron chi connectivity index (χ1n) is 6.32. The second-order valence-electron chi connectivity index (χ2n) is 4.55. The Bertz CT molecular complexity index is 577. The van der Waals surface area contributed by atoms with E-state index in [2.05, 4.69) is 15.5 Å².